The lowest BCUT2D eigenvalue weighted by Gasteiger charge is -2.06. The molecule has 0 fully saturated rings. The molecular weight excluding hydrogens is 229 g/mol. The van der Waals surface area contributed by atoms with Crippen LogP contribution < -0.4 is 4.74 Å². The van der Waals surface area contributed by atoms with E-state index in [1.54, 1.807) is 6.07 Å². The van der Waals surface area contributed by atoms with E-state index in [0.29, 0.717) is 0 Å². The van der Waals surface area contributed by atoms with Gasteiger partial charge in [0, 0.05) is 23.3 Å². The van der Waals surface area contributed by atoms with Crippen molar-refractivity contribution in [3.8, 4) is 11.4 Å². The Morgan fingerprint density at radius 1 is 1.06 bits per heavy atom. The van der Waals surface area contributed by atoms with Crippen molar-refractivity contribution in [2.75, 3.05) is 7.11 Å². The molecule has 1 heterocycles. The van der Waals surface area contributed by atoms with Gasteiger partial charge in [-0.15, -0.1) is 0 Å². The molecule has 0 spiro atoms. The number of methoxy groups -OCH3 is 1. The zero-order valence-electron chi connectivity index (χ0n) is 9.93. The molecule has 0 amide bonds. The smallest absolute Gasteiger partial charge is 0.167 e. The van der Waals surface area contributed by atoms with Crippen molar-refractivity contribution < 1.29 is 9.13 Å². The molecule has 0 aliphatic heterocycles. The molecule has 2 nitrogen and oxygen atoms in total. The fourth-order valence-electron chi connectivity index (χ4n) is 2.11. The highest BCUT2D eigenvalue weighted by molar-refractivity contribution is 5.83. The average molecular weight is 241 g/mol. The quantitative estimate of drug-likeness (QED) is 0.666. The number of fused-ring (bicyclic) bond motifs is 1. The fourth-order valence-corrected chi connectivity index (χ4v) is 2.11. The molecule has 3 heteroatoms. The number of halogens is 1. The van der Waals surface area contributed by atoms with Crippen LogP contribution >= 0.6 is 0 Å². The molecule has 1 aromatic heterocycles. The summed E-state index contributed by atoms with van der Waals surface area (Å²) in [5.41, 5.74) is 1.84. The number of benzene rings is 2. The van der Waals surface area contributed by atoms with Crippen molar-refractivity contribution in [2.24, 2.45) is 0 Å². The van der Waals surface area contributed by atoms with E-state index in [-0.39, 0.29) is 11.6 Å². The Kier molecular flexibility index (Phi) is 2.52. The number of hydrogen-bond acceptors (Lipinski definition) is 1. The summed E-state index contributed by atoms with van der Waals surface area (Å²) in [5.74, 6) is -0.0748. The third-order valence-corrected chi connectivity index (χ3v) is 3.00. The number of hydrogen-bond donors (Lipinski definition) is 0. The molecule has 0 aliphatic rings. The molecule has 3 rings (SSSR count). The Labute approximate surface area is 104 Å². The van der Waals surface area contributed by atoms with Crippen molar-refractivity contribution in [3.63, 3.8) is 0 Å². The van der Waals surface area contributed by atoms with E-state index in [2.05, 4.69) is 0 Å². The second-order valence-corrected chi connectivity index (χ2v) is 4.07. The SMILES string of the molecule is COc1cc2ccn(-c3ccccc3)c2cc1F. The summed E-state index contributed by atoms with van der Waals surface area (Å²) < 4.78 is 20.7. The lowest BCUT2D eigenvalue weighted by molar-refractivity contribution is 0.387. The fraction of sp³-hybridized carbons (Fsp3) is 0.0667. The Hall–Kier alpha value is -2.29. The number of ether oxygens (including phenoxy) is 1. The molecule has 2 aromatic carbocycles. The molecule has 18 heavy (non-hydrogen) atoms. The van der Waals surface area contributed by atoms with Gasteiger partial charge >= 0.3 is 0 Å². The van der Waals surface area contributed by atoms with Crippen molar-refractivity contribution >= 4 is 10.9 Å². The highest BCUT2D eigenvalue weighted by Gasteiger charge is 2.09. The minimum absolute atomic E-state index is 0.272. The van der Waals surface area contributed by atoms with Gasteiger partial charge in [0.15, 0.2) is 11.6 Å². The van der Waals surface area contributed by atoms with Crippen LogP contribution in [-0.2, 0) is 0 Å². The third kappa shape index (κ3) is 1.64. The first-order chi connectivity index (χ1) is 8.79. The zero-order valence-corrected chi connectivity index (χ0v) is 9.93. The van der Waals surface area contributed by atoms with Crippen LogP contribution in [0.3, 0.4) is 0 Å². The van der Waals surface area contributed by atoms with Crippen molar-refractivity contribution in [1.82, 2.24) is 4.57 Å². The maximum absolute atomic E-state index is 13.8. The van der Waals surface area contributed by atoms with E-state index in [1.807, 2.05) is 47.2 Å². The molecule has 0 saturated heterocycles. The summed E-state index contributed by atoms with van der Waals surface area (Å²) >= 11 is 0. The van der Waals surface area contributed by atoms with Gasteiger partial charge in [-0.3, -0.25) is 0 Å². The second-order valence-electron chi connectivity index (χ2n) is 4.07. The molecule has 0 atom stereocenters. The van der Waals surface area contributed by atoms with Gasteiger partial charge < -0.3 is 9.30 Å². The van der Waals surface area contributed by atoms with E-state index < -0.39 is 0 Å². The van der Waals surface area contributed by atoms with Crippen LogP contribution in [-0.4, -0.2) is 11.7 Å². The van der Waals surface area contributed by atoms with E-state index in [9.17, 15) is 4.39 Å². The van der Waals surface area contributed by atoms with Gasteiger partial charge in [-0.2, -0.15) is 0 Å². The minimum Gasteiger partial charge on any atom is -0.494 e. The van der Waals surface area contributed by atoms with Crippen molar-refractivity contribution in [3.05, 3.63) is 60.5 Å². The Morgan fingerprint density at radius 3 is 2.56 bits per heavy atom. The van der Waals surface area contributed by atoms with E-state index >= 15 is 0 Å². The van der Waals surface area contributed by atoms with Crippen LogP contribution in [0.25, 0.3) is 16.6 Å². The van der Waals surface area contributed by atoms with Crippen molar-refractivity contribution in [1.29, 1.82) is 0 Å². The van der Waals surface area contributed by atoms with Crippen LogP contribution in [0.4, 0.5) is 4.39 Å². The molecule has 0 bridgehead atoms. The first-order valence-corrected chi connectivity index (χ1v) is 5.69. The second kappa shape index (κ2) is 4.18. The Bertz CT molecular complexity index is 688. The number of rotatable bonds is 2. The van der Waals surface area contributed by atoms with Crippen LogP contribution in [0.15, 0.2) is 54.7 Å². The maximum atomic E-state index is 13.8. The summed E-state index contributed by atoms with van der Waals surface area (Å²) in [5, 5.41) is 0.956. The van der Waals surface area contributed by atoms with Crippen LogP contribution in [0.5, 0.6) is 5.75 Å². The molecule has 3 aromatic rings. The zero-order chi connectivity index (χ0) is 12.5. The van der Waals surface area contributed by atoms with E-state index in [0.717, 1.165) is 16.6 Å². The number of para-hydroxylation sites is 1. The van der Waals surface area contributed by atoms with Gasteiger partial charge in [0.05, 0.1) is 12.6 Å². The predicted octanol–water partition coefficient (Wildman–Crippen LogP) is 3.78. The van der Waals surface area contributed by atoms with Gasteiger partial charge in [-0.05, 0) is 24.3 Å². The van der Waals surface area contributed by atoms with Crippen LogP contribution in [0.1, 0.15) is 0 Å². The molecule has 0 radical (unpaired) electrons. The lowest BCUT2D eigenvalue weighted by Crippen LogP contribution is -1.93. The van der Waals surface area contributed by atoms with Gasteiger partial charge in [0.1, 0.15) is 0 Å². The lowest BCUT2D eigenvalue weighted by atomic mass is 10.2. The number of aromatic nitrogens is 1. The highest BCUT2D eigenvalue weighted by atomic mass is 19.1. The normalized spacial score (nSPS) is 10.8. The van der Waals surface area contributed by atoms with Gasteiger partial charge in [-0.1, -0.05) is 18.2 Å². The van der Waals surface area contributed by atoms with E-state index in [1.165, 1.54) is 13.2 Å². The van der Waals surface area contributed by atoms with Gasteiger partial charge in [-0.25, -0.2) is 4.39 Å². The molecule has 0 saturated carbocycles. The summed E-state index contributed by atoms with van der Waals surface area (Å²) in [7, 11) is 1.47. The third-order valence-electron chi connectivity index (χ3n) is 3.00. The van der Waals surface area contributed by atoms with Crippen LogP contribution in [0, 0.1) is 5.82 Å². The monoisotopic (exact) mass is 241 g/mol. The average Bonchev–Trinajstić information content (AvgIpc) is 2.81. The Morgan fingerprint density at radius 2 is 1.83 bits per heavy atom. The molecular formula is C15H12FNO. The first kappa shape index (κ1) is 10.8. The van der Waals surface area contributed by atoms with Gasteiger partial charge in [0.25, 0.3) is 0 Å². The molecule has 0 N–H and O–H groups in total. The summed E-state index contributed by atoms with van der Waals surface area (Å²) in [6.07, 6.45) is 1.93. The summed E-state index contributed by atoms with van der Waals surface area (Å²) in [6.45, 7) is 0. The molecule has 0 aliphatic carbocycles. The standard InChI is InChI=1S/C15H12FNO/c1-18-15-9-11-7-8-17(14(11)10-13(15)16)12-5-3-2-4-6-12/h2-10H,1H3. The van der Waals surface area contributed by atoms with E-state index in [4.69, 9.17) is 4.74 Å². The maximum Gasteiger partial charge on any atom is 0.167 e. The van der Waals surface area contributed by atoms with Crippen LogP contribution in [0.2, 0.25) is 0 Å². The molecule has 0 unspecified atom stereocenters. The van der Waals surface area contributed by atoms with Gasteiger partial charge in [0.2, 0.25) is 0 Å². The first-order valence-electron chi connectivity index (χ1n) is 5.69. The topological polar surface area (TPSA) is 14.2 Å². The molecule has 90 valence electrons. The predicted molar refractivity (Wildman–Crippen MR) is 69.8 cm³/mol. The summed E-state index contributed by atoms with van der Waals surface area (Å²) in [4.78, 5) is 0. The Balaban J connectivity index is 2.24. The highest BCUT2D eigenvalue weighted by Crippen LogP contribution is 2.27. The largest absolute Gasteiger partial charge is 0.494 e. The number of nitrogens with zero attached hydrogens (tertiary/aromatic N) is 1. The van der Waals surface area contributed by atoms with Crippen molar-refractivity contribution in [2.45, 2.75) is 0 Å². The minimum atomic E-state index is -0.346. The summed E-state index contributed by atoms with van der Waals surface area (Å²) in [6, 6.07) is 15.0.